The van der Waals surface area contributed by atoms with Crippen LogP contribution in [0.1, 0.15) is 20.8 Å². The number of hydrogen-bond acceptors (Lipinski definition) is 3. The second kappa shape index (κ2) is 4.95. The van der Waals surface area contributed by atoms with Crippen LogP contribution in [0.5, 0.6) is 0 Å². The fraction of sp³-hybridized carbons (Fsp3) is 0.818. The minimum atomic E-state index is -4.36. The highest BCUT2D eigenvalue weighted by Gasteiger charge is 2.48. The molecule has 0 bridgehead atoms. The van der Waals surface area contributed by atoms with Gasteiger partial charge >= 0.3 is 12.3 Å². The minimum absolute atomic E-state index is 0.0589. The highest BCUT2D eigenvalue weighted by atomic mass is 19.4. The molecule has 1 aliphatic rings. The van der Waals surface area contributed by atoms with Gasteiger partial charge in [-0.15, -0.1) is 0 Å². The lowest BCUT2D eigenvalue weighted by Crippen LogP contribution is -2.47. The standard InChI is InChI=1S/C11H18F3N2O2/c1-10(2,3)18-9(17)15-8-6-16(4)5-7(8)11(12,13)14/h7-8H,4-6H2,1-3H3,(H,15,17)/q-1/t7-,8-/m1/s1. The first-order chi connectivity index (χ1) is 7.99. The number of rotatable bonds is 1. The predicted molar refractivity (Wildman–Crippen MR) is 59.6 cm³/mol. The molecule has 0 saturated carbocycles. The van der Waals surface area contributed by atoms with Crippen molar-refractivity contribution in [3.8, 4) is 0 Å². The van der Waals surface area contributed by atoms with Crippen molar-refractivity contribution in [2.24, 2.45) is 5.92 Å². The quantitative estimate of drug-likeness (QED) is 0.740. The first kappa shape index (κ1) is 15.1. The number of amides is 1. The van der Waals surface area contributed by atoms with Crippen LogP contribution in [0.2, 0.25) is 0 Å². The predicted octanol–water partition coefficient (Wildman–Crippen LogP) is 2.17. The molecular formula is C11H18F3N2O2-. The van der Waals surface area contributed by atoms with Crippen molar-refractivity contribution in [2.75, 3.05) is 13.1 Å². The van der Waals surface area contributed by atoms with E-state index in [0.29, 0.717) is 0 Å². The van der Waals surface area contributed by atoms with Crippen LogP contribution in [0.4, 0.5) is 18.0 Å². The van der Waals surface area contributed by atoms with Crippen LogP contribution in [0.3, 0.4) is 0 Å². The lowest BCUT2D eigenvalue weighted by molar-refractivity contribution is -0.174. The molecule has 1 N–H and O–H groups in total. The van der Waals surface area contributed by atoms with Gasteiger partial charge in [0.15, 0.2) is 0 Å². The normalized spacial score (nSPS) is 26.2. The van der Waals surface area contributed by atoms with Gasteiger partial charge in [-0.25, -0.2) is 4.79 Å². The fourth-order valence-electron chi connectivity index (χ4n) is 1.82. The Labute approximate surface area is 104 Å². The number of alkyl carbamates (subject to hydrolysis) is 1. The fourth-order valence-corrected chi connectivity index (χ4v) is 1.82. The van der Waals surface area contributed by atoms with Crippen LogP contribution in [-0.4, -0.2) is 41.9 Å². The number of alkyl halides is 3. The zero-order chi connectivity index (χ0) is 14.1. The van der Waals surface area contributed by atoms with E-state index < -0.39 is 29.8 Å². The second-order valence-electron chi connectivity index (χ2n) is 5.44. The zero-order valence-electron chi connectivity index (χ0n) is 10.7. The molecule has 1 heterocycles. The summed E-state index contributed by atoms with van der Waals surface area (Å²) in [7, 11) is 3.47. The monoisotopic (exact) mass is 267 g/mol. The molecule has 0 aromatic heterocycles. The third-order valence-corrected chi connectivity index (χ3v) is 2.52. The summed E-state index contributed by atoms with van der Waals surface area (Å²) in [5.74, 6) is -1.61. The number of halogens is 3. The van der Waals surface area contributed by atoms with E-state index in [1.807, 2.05) is 0 Å². The van der Waals surface area contributed by atoms with Crippen molar-refractivity contribution < 1.29 is 22.7 Å². The largest absolute Gasteiger partial charge is 0.457 e. The van der Waals surface area contributed by atoms with Gasteiger partial charge in [-0.1, -0.05) is 0 Å². The SMILES string of the molecule is [CH2-]N1C[C@@H](C(F)(F)F)[C@H](NC(=O)OC(C)(C)C)C1. The van der Waals surface area contributed by atoms with E-state index in [9.17, 15) is 18.0 Å². The molecule has 106 valence electrons. The van der Waals surface area contributed by atoms with Crippen molar-refractivity contribution in [3.05, 3.63) is 7.05 Å². The molecule has 2 atom stereocenters. The Morgan fingerprint density at radius 3 is 2.33 bits per heavy atom. The molecule has 1 aliphatic heterocycles. The number of carbonyl (C=O) groups is 1. The van der Waals surface area contributed by atoms with Gasteiger partial charge in [0.05, 0.1) is 12.0 Å². The van der Waals surface area contributed by atoms with Crippen molar-refractivity contribution >= 4 is 6.09 Å². The lowest BCUT2D eigenvalue weighted by Gasteiger charge is -2.25. The Hall–Kier alpha value is -0.980. The molecule has 7 heteroatoms. The van der Waals surface area contributed by atoms with Crippen LogP contribution < -0.4 is 5.32 Å². The Bertz CT molecular complexity index is 312. The van der Waals surface area contributed by atoms with E-state index in [1.165, 1.54) is 4.90 Å². The van der Waals surface area contributed by atoms with Crippen molar-refractivity contribution in [3.63, 3.8) is 0 Å². The summed E-state index contributed by atoms with van der Waals surface area (Å²) in [6, 6.07) is -1.02. The molecule has 1 amide bonds. The Morgan fingerprint density at radius 1 is 1.33 bits per heavy atom. The maximum Gasteiger partial charge on any atom is 0.407 e. The maximum absolute atomic E-state index is 12.7. The van der Waals surface area contributed by atoms with Gasteiger partial charge in [0.1, 0.15) is 5.60 Å². The average Bonchev–Trinajstić information content (AvgIpc) is 2.41. The van der Waals surface area contributed by atoms with Crippen LogP contribution in [-0.2, 0) is 4.74 Å². The Morgan fingerprint density at radius 2 is 1.89 bits per heavy atom. The molecular weight excluding hydrogens is 249 g/mol. The highest BCUT2D eigenvalue weighted by Crippen LogP contribution is 2.33. The molecule has 0 aromatic carbocycles. The smallest absolute Gasteiger partial charge is 0.407 e. The lowest BCUT2D eigenvalue weighted by atomic mass is 10.0. The van der Waals surface area contributed by atoms with Gasteiger partial charge in [0, 0.05) is 0 Å². The molecule has 0 aromatic rings. The molecule has 0 spiro atoms. The number of hydrogen-bond donors (Lipinski definition) is 1. The van der Waals surface area contributed by atoms with Gasteiger partial charge < -0.3 is 15.0 Å². The van der Waals surface area contributed by atoms with Gasteiger partial charge in [0.2, 0.25) is 0 Å². The first-order valence-corrected chi connectivity index (χ1v) is 5.61. The molecule has 18 heavy (non-hydrogen) atoms. The third-order valence-electron chi connectivity index (χ3n) is 2.52. The molecule has 0 aliphatic carbocycles. The summed E-state index contributed by atoms with van der Waals surface area (Å²) in [6.45, 7) is 4.79. The molecule has 0 unspecified atom stereocenters. The van der Waals surface area contributed by atoms with Gasteiger partial charge in [0.25, 0.3) is 0 Å². The summed E-state index contributed by atoms with van der Waals surface area (Å²) < 4.78 is 43.1. The van der Waals surface area contributed by atoms with Gasteiger partial charge in [-0.05, 0) is 33.9 Å². The van der Waals surface area contributed by atoms with E-state index >= 15 is 0 Å². The summed E-state index contributed by atoms with van der Waals surface area (Å²) in [6.07, 6.45) is -5.19. The van der Waals surface area contributed by atoms with E-state index in [-0.39, 0.29) is 13.1 Å². The maximum atomic E-state index is 12.7. The van der Waals surface area contributed by atoms with Crippen LogP contribution in [0, 0.1) is 13.0 Å². The molecule has 4 nitrogen and oxygen atoms in total. The number of likely N-dealkylation sites (tertiary alicyclic amines) is 1. The highest BCUT2D eigenvalue weighted by molar-refractivity contribution is 5.68. The van der Waals surface area contributed by atoms with E-state index in [4.69, 9.17) is 4.74 Å². The summed E-state index contributed by atoms with van der Waals surface area (Å²) in [5.41, 5.74) is -0.736. The topological polar surface area (TPSA) is 41.6 Å². The third kappa shape index (κ3) is 4.36. The van der Waals surface area contributed by atoms with Crippen molar-refractivity contribution in [1.82, 2.24) is 10.2 Å². The summed E-state index contributed by atoms with van der Waals surface area (Å²) in [5, 5.41) is 2.26. The van der Waals surface area contributed by atoms with E-state index in [0.717, 1.165) is 0 Å². The second-order valence-corrected chi connectivity index (χ2v) is 5.44. The minimum Gasteiger partial charge on any atom is -0.457 e. The molecule has 1 saturated heterocycles. The Kier molecular flexibility index (Phi) is 4.15. The number of ether oxygens (including phenoxy) is 1. The molecule has 0 radical (unpaired) electrons. The summed E-state index contributed by atoms with van der Waals surface area (Å²) in [4.78, 5) is 12.7. The van der Waals surface area contributed by atoms with Gasteiger partial charge in [-0.2, -0.15) is 13.2 Å². The summed E-state index contributed by atoms with van der Waals surface area (Å²) >= 11 is 0. The first-order valence-electron chi connectivity index (χ1n) is 5.61. The average molecular weight is 267 g/mol. The van der Waals surface area contributed by atoms with Crippen LogP contribution >= 0.6 is 0 Å². The van der Waals surface area contributed by atoms with Crippen molar-refractivity contribution in [2.45, 2.75) is 38.6 Å². The van der Waals surface area contributed by atoms with E-state index in [1.54, 1.807) is 20.8 Å². The zero-order valence-corrected chi connectivity index (χ0v) is 10.7. The molecule has 1 rings (SSSR count). The number of nitrogens with one attached hydrogen (secondary N) is 1. The van der Waals surface area contributed by atoms with Crippen molar-refractivity contribution in [1.29, 1.82) is 0 Å². The van der Waals surface area contributed by atoms with Crippen LogP contribution in [0.15, 0.2) is 0 Å². The van der Waals surface area contributed by atoms with Gasteiger partial charge in [-0.3, -0.25) is 7.05 Å². The number of carbonyl (C=O) groups excluding carboxylic acids is 1. The number of nitrogens with zero attached hydrogens (tertiary/aromatic N) is 1. The van der Waals surface area contributed by atoms with Crippen LogP contribution in [0.25, 0.3) is 0 Å². The van der Waals surface area contributed by atoms with E-state index in [2.05, 4.69) is 12.4 Å². The Balaban J connectivity index is 2.62. The molecule has 1 fully saturated rings.